The Labute approximate surface area is 142 Å². The lowest BCUT2D eigenvalue weighted by Crippen LogP contribution is -2.25. The van der Waals surface area contributed by atoms with E-state index in [0.29, 0.717) is 5.56 Å². The molecule has 3 rings (SSSR count). The predicted octanol–water partition coefficient (Wildman–Crippen LogP) is 3.00. The topological polar surface area (TPSA) is 75.3 Å². The zero-order valence-corrected chi connectivity index (χ0v) is 14.5. The van der Waals surface area contributed by atoms with Crippen LogP contribution in [0.15, 0.2) is 47.4 Å². The molecule has 0 bridgehead atoms. The van der Waals surface area contributed by atoms with Crippen molar-refractivity contribution in [3.8, 4) is 0 Å². The Bertz CT molecular complexity index is 849. The summed E-state index contributed by atoms with van der Waals surface area (Å²) in [6.07, 6.45) is 1.77. The van der Waals surface area contributed by atoms with Gasteiger partial charge in [0.1, 0.15) is 0 Å². The molecule has 1 aliphatic rings. The first-order chi connectivity index (χ1) is 11.4. The Balaban J connectivity index is 1.76. The van der Waals surface area contributed by atoms with Crippen LogP contribution in [0.2, 0.25) is 0 Å². The van der Waals surface area contributed by atoms with Gasteiger partial charge in [0.05, 0.1) is 4.90 Å². The highest BCUT2D eigenvalue weighted by Crippen LogP contribution is 2.23. The highest BCUT2D eigenvalue weighted by Gasteiger charge is 2.27. The number of nitrogens with one attached hydrogen (secondary N) is 2. The van der Waals surface area contributed by atoms with E-state index in [1.165, 1.54) is 24.3 Å². The summed E-state index contributed by atoms with van der Waals surface area (Å²) in [5.41, 5.74) is 3.17. The summed E-state index contributed by atoms with van der Waals surface area (Å²) in [7, 11) is -3.49. The van der Waals surface area contributed by atoms with Gasteiger partial charge in [0.25, 0.3) is 5.91 Å². The van der Waals surface area contributed by atoms with Gasteiger partial charge in [-0.3, -0.25) is 4.79 Å². The van der Waals surface area contributed by atoms with Gasteiger partial charge < -0.3 is 5.32 Å². The van der Waals surface area contributed by atoms with Gasteiger partial charge in [-0.15, -0.1) is 0 Å². The number of amides is 1. The zero-order valence-electron chi connectivity index (χ0n) is 13.7. The summed E-state index contributed by atoms with van der Waals surface area (Å²) < 4.78 is 26.9. The summed E-state index contributed by atoms with van der Waals surface area (Å²) in [4.78, 5) is 12.6. The van der Waals surface area contributed by atoms with E-state index in [2.05, 4.69) is 10.0 Å². The van der Waals surface area contributed by atoms with Crippen molar-refractivity contribution in [3.05, 3.63) is 59.2 Å². The number of aryl methyl sites for hydroxylation is 2. The van der Waals surface area contributed by atoms with Gasteiger partial charge in [-0.2, -0.15) is 0 Å². The number of rotatable bonds is 5. The van der Waals surface area contributed by atoms with Crippen molar-refractivity contribution in [2.75, 3.05) is 5.32 Å². The minimum atomic E-state index is -3.49. The fraction of sp³-hybridized carbons (Fsp3) is 0.278. The molecule has 126 valence electrons. The summed E-state index contributed by atoms with van der Waals surface area (Å²) in [6.45, 7) is 3.86. The van der Waals surface area contributed by atoms with E-state index in [0.717, 1.165) is 29.7 Å². The van der Waals surface area contributed by atoms with Crippen molar-refractivity contribution in [2.24, 2.45) is 0 Å². The maximum atomic E-state index is 12.4. The summed E-state index contributed by atoms with van der Waals surface area (Å²) in [5, 5.41) is 2.89. The molecular formula is C18H20N2O3S. The fourth-order valence-corrected chi connectivity index (χ4v) is 3.78. The molecular weight excluding hydrogens is 324 g/mol. The third kappa shape index (κ3) is 3.66. The van der Waals surface area contributed by atoms with E-state index in [9.17, 15) is 13.2 Å². The molecule has 0 unspecified atom stereocenters. The van der Waals surface area contributed by atoms with Crippen LogP contribution in [-0.2, 0) is 10.0 Å². The molecule has 2 N–H and O–H groups in total. The monoisotopic (exact) mass is 344 g/mol. The van der Waals surface area contributed by atoms with Crippen molar-refractivity contribution in [2.45, 2.75) is 37.6 Å². The average molecular weight is 344 g/mol. The molecule has 0 atom stereocenters. The minimum Gasteiger partial charge on any atom is -0.322 e. The van der Waals surface area contributed by atoms with Crippen LogP contribution in [0.5, 0.6) is 0 Å². The van der Waals surface area contributed by atoms with Gasteiger partial charge in [0, 0.05) is 17.3 Å². The van der Waals surface area contributed by atoms with E-state index >= 15 is 0 Å². The highest BCUT2D eigenvalue weighted by atomic mass is 32.2. The van der Waals surface area contributed by atoms with Gasteiger partial charge in [-0.1, -0.05) is 18.2 Å². The van der Waals surface area contributed by atoms with Crippen molar-refractivity contribution >= 4 is 21.6 Å². The first-order valence-electron chi connectivity index (χ1n) is 7.87. The molecule has 0 aromatic heterocycles. The largest absolute Gasteiger partial charge is 0.322 e. The van der Waals surface area contributed by atoms with E-state index < -0.39 is 10.0 Å². The Morgan fingerprint density at radius 1 is 1.00 bits per heavy atom. The molecule has 24 heavy (non-hydrogen) atoms. The zero-order chi connectivity index (χ0) is 17.3. The van der Waals surface area contributed by atoms with Gasteiger partial charge in [0.15, 0.2) is 0 Å². The maximum Gasteiger partial charge on any atom is 0.255 e. The lowest BCUT2D eigenvalue weighted by molar-refractivity contribution is 0.102. The number of hydrogen-bond donors (Lipinski definition) is 2. The smallest absolute Gasteiger partial charge is 0.255 e. The molecule has 0 saturated heterocycles. The third-order valence-corrected chi connectivity index (χ3v) is 5.58. The molecule has 1 aliphatic carbocycles. The molecule has 0 spiro atoms. The van der Waals surface area contributed by atoms with Crippen LogP contribution >= 0.6 is 0 Å². The average Bonchev–Trinajstić information content (AvgIpc) is 3.34. The lowest BCUT2D eigenvalue weighted by Gasteiger charge is -2.12. The number of anilines is 1. The van der Waals surface area contributed by atoms with E-state index in [1.807, 2.05) is 32.0 Å². The summed E-state index contributed by atoms with van der Waals surface area (Å²) in [6, 6.07) is 11.8. The number of hydrogen-bond acceptors (Lipinski definition) is 3. The SMILES string of the molecule is Cc1cccc(C)c1NC(=O)c1ccc(S(=O)(=O)NC2CC2)cc1. The normalized spacial score (nSPS) is 14.4. The first-order valence-corrected chi connectivity index (χ1v) is 9.35. The summed E-state index contributed by atoms with van der Waals surface area (Å²) >= 11 is 0. The Hall–Kier alpha value is -2.18. The molecule has 6 heteroatoms. The lowest BCUT2D eigenvalue weighted by atomic mass is 10.1. The molecule has 0 aliphatic heterocycles. The maximum absolute atomic E-state index is 12.4. The van der Waals surface area contributed by atoms with Crippen LogP contribution in [0.3, 0.4) is 0 Å². The van der Waals surface area contributed by atoms with Crippen molar-refractivity contribution in [3.63, 3.8) is 0 Å². The van der Waals surface area contributed by atoms with Gasteiger partial charge >= 0.3 is 0 Å². The molecule has 0 radical (unpaired) electrons. The predicted molar refractivity (Wildman–Crippen MR) is 93.7 cm³/mol. The van der Waals surface area contributed by atoms with Crippen LogP contribution < -0.4 is 10.0 Å². The molecule has 2 aromatic carbocycles. The second kappa shape index (κ2) is 6.37. The van der Waals surface area contributed by atoms with Crippen LogP contribution in [0, 0.1) is 13.8 Å². The third-order valence-electron chi connectivity index (χ3n) is 4.05. The highest BCUT2D eigenvalue weighted by molar-refractivity contribution is 7.89. The Morgan fingerprint density at radius 2 is 1.58 bits per heavy atom. The first kappa shape index (κ1) is 16.7. The van der Waals surface area contributed by atoms with Gasteiger partial charge in [-0.05, 0) is 62.1 Å². The second-order valence-corrected chi connectivity index (χ2v) is 7.85. The molecule has 1 amide bonds. The number of sulfonamides is 1. The van der Waals surface area contributed by atoms with Gasteiger partial charge in [-0.25, -0.2) is 13.1 Å². The van der Waals surface area contributed by atoms with Crippen LogP contribution in [0.4, 0.5) is 5.69 Å². The van der Waals surface area contributed by atoms with E-state index in [-0.39, 0.29) is 16.8 Å². The fourth-order valence-electron chi connectivity index (χ4n) is 2.47. The van der Waals surface area contributed by atoms with Gasteiger partial charge in [0.2, 0.25) is 10.0 Å². The number of para-hydroxylation sites is 1. The summed E-state index contributed by atoms with van der Waals surface area (Å²) in [5.74, 6) is -0.258. The second-order valence-electron chi connectivity index (χ2n) is 6.14. The standard InChI is InChI=1S/C18H20N2O3S/c1-12-4-3-5-13(2)17(12)19-18(21)14-6-10-16(11-7-14)24(22,23)20-15-8-9-15/h3-7,10-11,15,20H,8-9H2,1-2H3,(H,19,21). The van der Waals surface area contributed by atoms with E-state index in [4.69, 9.17) is 0 Å². The van der Waals surface area contributed by atoms with Crippen LogP contribution in [0.1, 0.15) is 34.3 Å². The molecule has 2 aromatic rings. The van der Waals surface area contributed by atoms with Crippen molar-refractivity contribution in [1.82, 2.24) is 4.72 Å². The Morgan fingerprint density at radius 3 is 2.12 bits per heavy atom. The Kier molecular flexibility index (Phi) is 4.43. The molecule has 1 fully saturated rings. The van der Waals surface area contributed by atoms with E-state index in [1.54, 1.807) is 0 Å². The number of benzene rings is 2. The minimum absolute atomic E-state index is 0.0574. The van der Waals surface area contributed by atoms with Crippen LogP contribution in [-0.4, -0.2) is 20.4 Å². The quantitative estimate of drug-likeness (QED) is 0.875. The van der Waals surface area contributed by atoms with Crippen molar-refractivity contribution in [1.29, 1.82) is 0 Å². The molecule has 5 nitrogen and oxygen atoms in total. The molecule has 1 saturated carbocycles. The number of carbonyl (C=O) groups is 1. The van der Waals surface area contributed by atoms with Crippen molar-refractivity contribution < 1.29 is 13.2 Å². The molecule has 0 heterocycles. The number of carbonyl (C=O) groups excluding carboxylic acids is 1. The van der Waals surface area contributed by atoms with Crippen LogP contribution in [0.25, 0.3) is 0 Å².